The first-order valence-electron chi connectivity index (χ1n) is 9.83. The van der Waals surface area contributed by atoms with Gasteiger partial charge in [0.15, 0.2) is 0 Å². The molecule has 1 N–H and O–H groups in total. The Balaban J connectivity index is 1.64. The summed E-state index contributed by atoms with van der Waals surface area (Å²) in [6.07, 6.45) is 0.734. The quantitative estimate of drug-likeness (QED) is 0.497. The average Bonchev–Trinajstić information content (AvgIpc) is 3.22. The molecule has 9 heteroatoms. The Morgan fingerprint density at radius 1 is 1.19 bits per heavy atom. The summed E-state index contributed by atoms with van der Waals surface area (Å²) < 4.78 is 14.1. The van der Waals surface area contributed by atoms with Gasteiger partial charge in [-0.05, 0) is 37.6 Å². The van der Waals surface area contributed by atoms with Crippen LogP contribution in [0, 0.1) is 5.82 Å². The zero-order valence-corrected chi connectivity index (χ0v) is 18.7. The lowest BCUT2D eigenvalue weighted by Crippen LogP contribution is -2.40. The van der Waals surface area contributed by atoms with Gasteiger partial charge in [-0.1, -0.05) is 54.1 Å². The number of halogens is 2. The molecule has 0 aliphatic carbocycles. The molecule has 0 aliphatic rings. The smallest absolute Gasteiger partial charge is 0.257 e. The number of rotatable bonds is 8. The molecule has 0 bridgehead atoms. The van der Waals surface area contributed by atoms with Crippen molar-refractivity contribution in [1.29, 1.82) is 0 Å². The summed E-state index contributed by atoms with van der Waals surface area (Å²) >= 11 is 7.24. The van der Waals surface area contributed by atoms with Crippen molar-refractivity contribution in [3.63, 3.8) is 0 Å². The SMILES string of the molecule is CC[C@H](C)N(CCC(=O)Nc1nnc(-c2cccc(Cl)c2)s1)C(=O)c1ccccc1F. The standard InChI is InChI=1S/C22H22ClFN4O2S/c1-3-14(2)28(21(30)17-9-4-5-10-18(17)24)12-11-19(29)25-22-27-26-20(31-22)15-7-6-8-16(23)13-15/h4-10,13-14H,3,11-12H2,1-2H3,(H,25,27,29)/t14-/m0/s1. The van der Waals surface area contributed by atoms with Gasteiger partial charge in [-0.2, -0.15) is 0 Å². The predicted octanol–water partition coefficient (Wildman–Crippen LogP) is 5.27. The summed E-state index contributed by atoms with van der Waals surface area (Å²) in [5, 5.41) is 12.4. The van der Waals surface area contributed by atoms with Crippen molar-refractivity contribution < 1.29 is 14.0 Å². The molecule has 0 unspecified atom stereocenters. The molecule has 162 valence electrons. The van der Waals surface area contributed by atoms with Gasteiger partial charge in [0.05, 0.1) is 5.56 Å². The molecule has 0 saturated heterocycles. The van der Waals surface area contributed by atoms with Gasteiger partial charge >= 0.3 is 0 Å². The molecule has 0 aliphatic heterocycles. The van der Waals surface area contributed by atoms with Gasteiger partial charge in [0, 0.05) is 29.6 Å². The van der Waals surface area contributed by atoms with Gasteiger partial charge in [0.1, 0.15) is 10.8 Å². The molecule has 2 amide bonds. The normalized spacial score (nSPS) is 11.7. The summed E-state index contributed by atoms with van der Waals surface area (Å²) in [5.74, 6) is -1.31. The van der Waals surface area contributed by atoms with Crippen molar-refractivity contribution in [3.8, 4) is 10.6 Å². The largest absolute Gasteiger partial charge is 0.335 e. The Morgan fingerprint density at radius 2 is 1.97 bits per heavy atom. The van der Waals surface area contributed by atoms with Crippen molar-refractivity contribution in [2.24, 2.45) is 0 Å². The van der Waals surface area contributed by atoms with Crippen LogP contribution in [-0.4, -0.2) is 39.5 Å². The first-order chi connectivity index (χ1) is 14.9. The molecule has 3 aromatic rings. The van der Waals surface area contributed by atoms with Gasteiger partial charge in [-0.15, -0.1) is 10.2 Å². The molecule has 0 saturated carbocycles. The lowest BCUT2D eigenvalue weighted by Gasteiger charge is -2.28. The maximum absolute atomic E-state index is 14.1. The van der Waals surface area contributed by atoms with E-state index in [1.807, 2.05) is 26.0 Å². The second-order valence-corrected chi connectivity index (χ2v) is 8.37. The summed E-state index contributed by atoms with van der Waals surface area (Å²) in [6.45, 7) is 3.97. The number of nitrogens with one attached hydrogen (secondary N) is 1. The fourth-order valence-electron chi connectivity index (χ4n) is 2.95. The van der Waals surface area contributed by atoms with Gasteiger partial charge in [-0.3, -0.25) is 9.59 Å². The minimum Gasteiger partial charge on any atom is -0.335 e. The first kappa shape index (κ1) is 22.8. The molecule has 6 nitrogen and oxygen atoms in total. The van der Waals surface area contributed by atoms with Crippen LogP contribution in [0.4, 0.5) is 9.52 Å². The van der Waals surface area contributed by atoms with Gasteiger partial charge < -0.3 is 10.2 Å². The second-order valence-electron chi connectivity index (χ2n) is 6.96. The highest BCUT2D eigenvalue weighted by molar-refractivity contribution is 7.18. The fourth-order valence-corrected chi connectivity index (χ4v) is 3.89. The summed E-state index contributed by atoms with van der Waals surface area (Å²) in [7, 11) is 0. The zero-order chi connectivity index (χ0) is 22.4. The van der Waals surface area contributed by atoms with Crippen molar-refractivity contribution in [3.05, 3.63) is 64.9 Å². The van der Waals surface area contributed by atoms with Crippen LogP contribution in [0.3, 0.4) is 0 Å². The minimum absolute atomic E-state index is 0.00139. The van der Waals surface area contributed by atoms with E-state index in [1.165, 1.54) is 34.4 Å². The number of hydrogen-bond donors (Lipinski definition) is 1. The van der Waals surface area contributed by atoms with Crippen molar-refractivity contribution in [2.45, 2.75) is 32.7 Å². The van der Waals surface area contributed by atoms with E-state index in [9.17, 15) is 14.0 Å². The van der Waals surface area contributed by atoms with Crippen LogP contribution in [0.5, 0.6) is 0 Å². The predicted molar refractivity (Wildman–Crippen MR) is 121 cm³/mol. The van der Waals surface area contributed by atoms with E-state index in [-0.39, 0.29) is 30.5 Å². The van der Waals surface area contributed by atoms with Gasteiger partial charge in [-0.25, -0.2) is 4.39 Å². The highest BCUT2D eigenvalue weighted by Gasteiger charge is 2.23. The highest BCUT2D eigenvalue weighted by atomic mass is 35.5. The molecule has 1 atom stereocenters. The number of aromatic nitrogens is 2. The van der Waals surface area contributed by atoms with Crippen LogP contribution in [-0.2, 0) is 4.79 Å². The van der Waals surface area contributed by atoms with Crippen LogP contribution in [0.1, 0.15) is 37.0 Å². The van der Waals surface area contributed by atoms with E-state index in [0.717, 1.165) is 5.56 Å². The van der Waals surface area contributed by atoms with Crippen molar-refractivity contribution >= 4 is 39.9 Å². The number of anilines is 1. The first-order valence-corrected chi connectivity index (χ1v) is 11.0. The van der Waals surface area contributed by atoms with Gasteiger partial charge in [0.25, 0.3) is 5.91 Å². The lowest BCUT2D eigenvalue weighted by molar-refractivity contribution is -0.116. The molecule has 0 spiro atoms. The van der Waals surface area contributed by atoms with E-state index in [2.05, 4.69) is 15.5 Å². The number of benzene rings is 2. The molecule has 2 aromatic carbocycles. The van der Waals surface area contributed by atoms with E-state index < -0.39 is 11.7 Å². The Hall–Kier alpha value is -2.84. The minimum atomic E-state index is -0.576. The lowest BCUT2D eigenvalue weighted by atomic mass is 10.1. The molecular weight excluding hydrogens is 439 g/mol. The molecule has 31 heavy (non-hydrogen) atoms. The maximum Gasteiger partial charge on any atom is 0.257 e. The molecule has 0 fully saturated rings. The van der Waals surface area contributed by atoms with Crippen molar-refractivity contribution in [1.82, 2.24) is 15.1 Å². The molecule has 1 aromatic heterocycles. The van der Waals surface area contributed by atoms with Crippen LogP contribution < -0.4 is 5.32 Å². The topological polar surface area (TPSA) is 75.2 Å². The van der Waals surface area contributed by atoms with Gasteiger partial charge in [0.2, 0.25) is 11.0 Å². The van der Waals surface area contributed by atoms with E-state index in [4.69, 9.17) is 11.6 Å². The highest BCUT2D eigenvalue weighted by Crippen LogP contribution is 2.28. The Kier molecular flexibility index (Phi) is 7.70. The molecule has 0 radical (unpaired) electrons. The summed E-state index contributed by atoms with van der Waals surface area (Å²) in [6, 6.07) is 12.9. The number of carbonyl (C=O) groups is 2. The number of amides is 2. The third-order valence-corrected chi connectivity index (χ3v) is 5.93. The van der Waals surface area contributed by atoms with Crippen molar-refractivity contribution in [2.75, 3.05) is 11.9 Å². The maximum atomic E-state index is 14.1. The Bertz CT molecular complexity index is 1070. The number of hydrogen-bond acceptors (Lipinski definition) is 5. The third kappa shape index (κ3) is 5.86. The van der Waals surface area contributed by atoms with Crippen LogP contribution >= 0.6 is 22.9 Å². The third-order valence-electron chi connectivity index (χ3n) is 4.81. The van der Waals surface area contributed by atoms with E-state index in [1.54, 1.807) is 18.2 Å². The monoisotopic (exact) mass is 460 g/mol. The van der Waals surface area contributed by atoms with Crippen LogP contribution in [0.15, 0.2) is 48.5 Å². The fraction of sp³-hybridized carbons (Fsp3) is 0.273. The van der Waals surface area contributed by atoms with E-state index >= 15 is 0 Å². The number of carbonyl (C=O) groups excluding carboxylic acids is 2. The molecule has 1 heterocycles. The summed E-state index contributed by atoms with van der Waals surface area (Å²) in [4.78, 5) is 26.8. The zero-order valence-electron chi connectivity index (χ0n) is 17.1. The second kappa shape index (κ2) is 10.5. The van der Waals surface area contributed by atoms with Crippen LogP contribution in [0.25, 0.3) is 10.6 Å². The molecular formula is C22H22ClFN4O2S. The average molecular weight is 461 g/mol. The number of nitrogens with zero attached hydrogens (tertiary/aromatic N) is 3. The molecule has 3 rings (SSSR count). The van der Waals surface area contributed by atoms with Crippen LogP contribution in [0.2, 0.25) is 5.02 Å². The Labute approximate surface area is 189 Å². The van der Waals surface area contributed by atoms with E-state index in [0.29, 0.717) is 21.6 Å². The Morgan fingerprint density at radius 3 is 2.68 bits per heavy atom. The summed E-state index contributed by atoms with van der Waals surface area (Å²) in [5.41, 5.74) is 0.808.